The summed E-state index contributed by atoms with van der Waals surface area (Å²) in [6.45, 7) is 4.65. The molecule has 2 saturated heterocycles. The van der Waals surface area contributed by atoms with Crippen molar-refractivity contribution in [3.63, 3.8) is 0 Å². The summed E-state index contributed by atoms with van der Waals surface area (Å²) in [6, 6.07) is 17.6. The number of aromatic nitrogens is 3. The Morgan fingerprint density at radius 3 is 2.49 bits per heavy atom. The van der Waals surface area contributed by atoms with E-state index in [9.17, 15) is 19.2 Å². The maximum absolute atomic E-state index is 13.0. The van der Waals surface area contributed by atoms with E-state index in [0.29, 0.717) is 36.8 Å². The molecule has 7 rings (SSSR count). The second-order valence-electron chi connectivity index (χ2n) is 14.2. The fourth-order valence-electron chi connectivity index (χ4n) is 7.49. The predicted octanol–water partition coefficient (Wildman–Crippen LogP) is 3.83. The van der Waals surface area contributed by atoms with Crippen LogP contribution in [0.2, 0.25) is 0 Å². The molecule has 1 atom stereocenters. The number of piperidine rings is 1. The first-order valence-electron chi connectivity index (χ1n) is 18.5. The molecule has 3 N–H and O–H groups in total. The van der Waals surface area contributed by atoms with Gasteiger partial charge in [-0.25, -0.2) is 4.98 Å². The molecular weight excluding hydrogens is 674 g/mol. The summed E-state index contributed by atoms with van der Waals surface area (Å²) in [5, 5.41) is 9.54. The summed E-state index contributed by atoms with van der Waals surface area (Å²) in [6.07, 6.45) is 6.95. The summed E-state index contributed by atoms with van der Waals surface area (Å²) in [5.41, 5.74) is 4.24. The third kappa shape index (κ3) is 8.43. The SMILES string of the molecule is CN(C)C(=O)c1cc2cnc(Nc3ccc(N4CCN(CCNC(=O)COc5cccc(C6CCC(=O)NC6=O)c5)CC4)cc3)nc2n1C1CCCC1. The van der Waals surface area contributed by atoms with E-state index in [4.69, 9.17) is 9.72 Å². The lowest BCUT2D eigenvalue weighted by molar-refractivity contribution is -0.134. The first kappa shape index (κ1) is 35.9. The number of carbonyl (C=O) groups excluding carboxylic acids is 4. The van der Waals surface area contributed by atoms with Crippen molar-refractivity contribution in [2.45, 2.75) is 50.5 Å². The Kier molecular flexibility index (Phi) is 10.9. The topological polar surface area (TPSA) is 154 Å². The van der Waals surface area contributed by atoms with Gasteiger partial charge < -0.3 is 29.7 Å². The molecule has 278 valence electrons. The molecule has 0 bridgehead atoms. The molecule has 1 saturated carbocycles. The zero-order chi connectivity index (χ0) is 36.9. The molecule has 3 aliphatic rings. The third-order valence-electron chi connectivity index (χ3n) is 10.4. The van der Waals surface area contributed by atoms with Crippen molar-refractivity contribution in [3.8, 4) is 5.75 Å². The number of hydrogen-bond donors (Lipinski definition) is 3. The van der Waals surface area contributed by atoms with E-state index in [-0.39, 0.29) is 36.3 Å². The minimum atomic E-state index is -0.402. The highest BCUT2D eigenvalue weighted by molar-refractivity contribution is 6.01. The maximum atomic E-state index is 13.0. The molecule has 2 aliphatic heterocycles. The molecular formula is C39H47N9O5. The van der Waals surface area contributed by atoms with Gasteiger partial charge in [0.2, 0.25) is 17.8 Å². The number of nitrogens with zero attached hydrogens (tertiary/aromatic N) is 6. The highest BCUT2D eigenvalue weighted by Crippen LogP contribution is 2.35. The monoisotopic (exact) mass is 721 g/mol. The number of imide groups is 1. The number of carbonyl (C=O) groups is 4. The standard InChI is InChI=1S/C39H47N9O5/c1-45(2)38(52)33-23-27-24-41-39(44-36(27)48(33)30-7-3-4-8-30)42-28-10-12-29(13-11-28)47-20-18-46(19-21-47)17-16-40-35(50)25-53-31-9-5-6-26(22-31)32-14-15-34(49)43-37(32)51/h5-6,9-13,22-24,30,32H,3-4,7-8,14-21,25H2,1-2H3,(H,40,50)(H,41,42,44)(H,43,49,51). The molecule has 4 heterocycles. The van der Waals surface area contributed by atoms with Gasteiger partial charge in [-0.15, -0.1) is 0 Å². The van der Waals surface area contributed by atoms with Crippen molar-refractivity contribution in [3.05, 3.63) is 72.1 Å². The van der Waals surface area contributed by atoms with E-state index in [1.165, 1.54) is 0 Å². The van der Waals surface area contributed by atoms with Crippen LogP contribution in [-0.4, -0.2) is 108 Å². The maximum Gasteiger partial charge on any atom is 0.270 e. The Bertz CT molecular complexity index is 1960. The quantitative estimate of drug-likeness (QED) is 0.184. The van der Waals surface area contributed by atoms with Crippen molar-refractivity contribution in [1.29, 1.82) is 0 Å². The Hall–Kier alpha value is -5.50. The van der Waals surface area contributed by atoms with Crippen molar-refractivity contribution in [2.24, 2.45) is 0 Å². The minimum Gasteiger partial charge on any atom is -0.484 e. The van der Waals surface area contributed by atoms with E-state index < -0.39 is 5.92 Å². The second-order valence-corrected chi connectivity index (χ2v) is 14.2. The van der Waals surface area contributed by atoms with Crippen LogP contribution in [0.5, 0.6) is 5.75 Å². The van der Waals surface area contributed by atoms with E-state index in [1.54, 1.807) is 43.4 Å². The smallest absolute Gasteiger partial charge is 0.270 e. The summed E-state index contributed by atoms with van der Waals surface area (Å²) in [4.78, 5) is 65.0. The van der Waals surface area contributed by atoms with Gasteiger partial charge in [0.25, 0.3) is 11.8 Å². The van der Waals surface area contributed by atoms with Gasteiger partial charge in [-0.3, -0.25) is 29.4 Å². The van der Waals surface area contributed by atoms with Crippen LogP contribution in [0.15, 0.2) is 60.8 Å². The van der Waals surface area contributed by atoms with Crippen molar-refractivity contribution < 1.29 is 23.9 Å². The molecule has 14 heteroatoms. The molecule has 53 heavy (non-hydrogen) atoms. The molecule has 1 unspecified atom stereocenters. The molecule has 0 radical (unpaired) electrons. The zero-order valence-corrected chi connectivity index (χ0v) is 30.3. The molecule has 4 amide bonds. The van der Waals surface area contributed by atoms with Gasteiger partial charge >= 0.3 is 0 Å². The summed E-state index contributed by atoms with van der Waals surface area (Å²) in [7, 11) is 3.56. The molecule has 1 aliphatic carbocycles. The number of benzene rings is 2. The minimum absolute atomic E-state index is 0.0250. The van der Waals surface area contributed by atoms with Gasteiger partial charge in [-0.1, -0.05) is 25.0 Å². The lowest BCUT2D eigenvalue weighted by Gasteiger charge is -2.36. The van der Waals surface area contributed by atoms with E-state index in [1.807, 2.05) is 24.3 Å². The Labute approximate surface area is 308 Å². The third-order valence-corrected chi connectivity index (χ3v) is 10.4. The fraction of sp³-hybridized carbons (Fsp3) is 0.436. The van der Waals surface area contributed by atoms with Crippen LogP contribution in [0.1, 0.15) is 66.5 Å². The van der Waals surface area contributed by atoms with Gasteiger partial charge in [0.15, 0.2) is 6.61 Å². The second kappa shape index (κ2) is 16.0. The van der Waals surface area contributed by atoms with E-state index >= 15 is 0 Å². The molecule has 2 aromatic heterocycles. The van der Waals surface area contributed by atoms with Crippen LogP contribution >= 0.6 is 0 Å². The average molecular weight is 722 g/mol. The molecule has 0 spiro atoms. The number of anilines is 3. The van der Waals surface area contributed by atoms with Crippen molar-refractivity contribution in [1.82, 2.24) is 35.0 Å². The first-order chi connectivity index (χ1) is 25.7. The average Bonchev–Trinajstić information content (AvgIpc) is 3.83. The van der Waals surface area contributed by atoms with Crippen molar-refractivity contribution in [2.75, 3.05) is 70.2 Å². The van der Waals surface area contributed by atoms with Gasteiger partial charge in [0.05, 0.1) is 5.92 Å². The number of rotatable bonds is 12. The Morgan fingerprint density at radius 2 is 1.75 bits per heavy atom. The van der Waals surface area contributed by atoms with Crippen LogP contribution in [-0.2, 0) is 14.4 Å². The number of fused-ring (bicyclic) bond motifs is 1. The predicted molar refractivity (Wildman–Crippen MR) is 201 cm³/mol. The number of nitrogens with one attached hydrogen (secondary N) is 3. The molecule has 2 aromatic carbocycles. The normalized spacial score (nSPS) is 18.2. The number of ether oxygens (including phenoxy) is 1. The largest absolute Gasteiger partial charge is 0.484 e. The van der Waals surface area contributed by atoms with Crippen LogP contribution < -0.4 is 25.6 Å². The lowest BCUT2D eigenvalue weighted by Crippen LogP contribution is -2.48. The molecule has 14 nitrogen and oxygen atoms in total. The summed E-state index contributed by atoms with van der Waals surface area (Å²) < 4.78 is 7.83. The number of amides is 4. The first-order valence-corrected chi connectivity index (χ1v) is 18.5. The van der Waals surface area contributed by atoms with Crippen LogP contribution in [0.25, 0.3) is 11.0 Å². The van der Waals surface area contributed by atoms with E-state index in [2.05, 4.69) is 47.4 Å². The molecule has 4 aromatic rings. The highest BCUT2D eigenvalue weighted by atomic mass is 16.5. The molecule has 3 fully saturated rings. The Balaban J connectivity index is 0.858. The summed E-state index contributed by atoms with van der Waals surface area (Å²) >= 11 is 0. The fourth-order valence-corrected chi connectivity index (χ4v) is 7.49. The van der Waals surface area contributed by atoms with Crippen molar-refractivity contribution >= 4 is 52.0 Å². The van der Waals surface area contributed by atoms with Gasteiger partial charge in [0, 0.05) is 88.8 Å². The summed E-state index contributed by atoms with van der Waals surface area (Å²) in [5.74, 6) is -0.180. The Morgan fingerprint density at radius 1 is 0.981 bits per heavy atom. The number of piperazine rings is 1. The van der Waals surface area contributed by atoms with Crippen LogP contribution in [0, 0.1) is 0 Å². The van der Waals surface area contributed by atoms with Gasteiger partial charge in [-0.2, -0.15) is 4.98 Å². The highest BCUT2D eigenvalue weighted by Gasteiger charge is 2.29. The van der Waals surface area contributed by atoms with Crippen LogP contribution in [0.3, 0.4) is 0 Å². The van der Waals surface area contributed by atoms with Gasteiger partial charge in [0.1, 0.15) is 17.1 Å². The number of hydrogen-bond acceptors (Lipinski definition) is 10. The lowest BCUT2D eigenvalue weighted by atomic mass is 9.90. The van der Waals surface area contributed by atoms with E-state index in [0.717, 1.165) is 86.4 Å². The zero-order valence-electron chi connectivity index (χ0n) is 30.3. The van der Waals surface area contributed by atoms with Gasteiger partial charge in [-0.05, 0) is 67.3 Å². The van der Waals surface area contributed by atoms with Crippen LogP contribution in [0.4, 0.5) is 17.3 Å².